The third-order valence-corrected chi connectivity index (χ3v) is 5.77. The summed E-state index contributed by atoms with van der Waals surface area (Å²) in [5.74, 6) is 0.787. The molecule has 2 aromatic carbocycles. The Balaban J connectivity index is 1.59. The van der Waals surface area contributed by atoms with Crippen molar-refractivity contribution < 1.29 is 4.79 Å². The molecule has 1 atom stereocenters. The van der Waals surface area contributed by atoms with Crippen molar-refractivity contribution in [1.29, 1.82) is 0 Å². The number of halogens is 1. The molecule has 1 amide bonds. The van der Waals surface area contributed by atoms with Gasteiger partial charge >= 0.3 is 0 Å². The van der Waals surface area contributed by atoms with Crippen molar-refractivity contribution in [2.24, 2.45) is 0 Å². The number of benzene rings is 2. The van der Waals surface area contributed by atoms with Crippen molar-refractivity contribution in [1.82, 2.24) is 10.3 Å². The van der Waals surface area contributed by atoms with Crippen LogP contribution in [-0.2, 0) is 5.75 Å². The average Bonchev–Trinajstić information content (AvgIpc) is 2.68. The van der Waals surface area contributed by atoms with Gasteiger partial charge in [-0.05, 0) is 54.4 Å². The molecule has 0 aliphatic carbocycles. The molecule has 1 heterocycles. The molecular formula is C21H19BrN2OS. The lowest BCUT2D eigenvalue weighted by molar-refractivity contribution is 0.0939. The summed E-state index contributed by atoms with van der Waals surface area (Å²) in [7, 11) is 0. The maximum atomic E-state index is 12.5. The number of hydrogen-bond acceptors (Lipinski definition) is 3. The minimum atomic E-state index is -0.0722. The lowest BCUT2D eigenvalue weighted by atomic mass is 10.1. The lowest BCUT2D eigenvalue weighted by Crippen LogP contribution is -2.26. The Bertz CT molecular complexity index is 869. The molecule has 5 heteroatoms. The van der Waals surface area contributed by atoms with Crippen LogP contribution in [0.25, 0.3) is 0 Å². The van der Waals surface area contributed by atoms with Gasteiger partial charge in [-0.15, -0.1) is 11.8 Å². The molecule has 3 rings (SSSR count). The SMILES string of the molecule is CC(NC(=O)c1ccc(SCc2cccnc2)cc1)c1ccccc1Br. The zero-order valence-corrected chi connectivity index (χ0v) is 16.8. The summed E-state index contributed by atoms with van der Waals surface area (Å²) in [5.41, 5.74) is 2.90. The fourth-order valence-electron chi connectivity index (χ4n) is 2.54. The Kier molecular flexibility index (Phi) is 6.47. The van der Waals surface area contributed by atoms with Gasteiger partial charge in [-0.2, -0.15) is 0 Å². The van der Waals surface area contributed by atoms with Gasteiger partial charge in [0.15, 0.2) is 0 Å². The van der Waals surface area contributed by atoms with Gasteiger partial charge in [-0.1, -0.05) is 40.2 Å². The number of amides is 1. The number of rotatable bonds is 6. The highest BCUT2D eigenvalue weighted by Crippen LogP contribution is 2.24. The molecule has 0 bridgehead atoms. The fraction of sp³-hybridized carbons (Fsp3) is 0.143. The van der Waals surface area contributed by atoms with Gasteiger partial charge in [0.25, 0.3) is 5.91 Å². The molecule has 1 N–H and O–H groups in total. The van der Waals surface area contributed by atoms with E-state index in [1.807, 2.05) is 67.7 Å². The number of nitrogens with zero attached hydrogens (tertiary/aromatic N) is 1. The highest BCUT2D eigenvalue weighted by molar-refractivity contribution is 9.10. The van der Waals surface area contributed by atoms with E-state index in [1.54, 1.807) is 18.0 Å². The van der Waals surface area contributed by atoms with Crippen LogP contribution < -0.4 is 5.32 Å². The predicted molar refractivity (Wildman–Crippen MR) is 110 cm³/mol. The Morgan fingerprint density at radius 1 is 1.12 bits per heavy atom. The van der Waals surface area contributed by atoms with Crippen molar-refractivity contribution in [3.8, 4) is 0 Å². The number of carbonyl (C=O) groups excluding carboxylic acids is 1. The molecule has 1 aromatic heterocycles. The first kappa shape index (κ1) is 18.7. The topological polar surface area (TPSA) is 42.0 Å². The van der Waals surface area contributed by atoms with Crippen molar-refractivity contribution in [2.75, 3.05) is 0 Å². The van der Waals surface area contributed by atoms with E-state index in [0.29, 0.717) is 5.56 Å². The standard InChI is InChI=1S/C21H19BrN2OS/c1-15(19-6-2-3-7-20(19)22)24-21(25)17-8-10-18(11-9-17)26-14-16-5-4-12-23-13-16/h2-13,15H,14H2,1H3,(H,24,25). The second-order valence-electron chi connectivity index (χ2n) is 5.89. The van der Waals surface area contributed by atoms with Gasteiger partial charge in [0.2, 0.25) is 0 Å². The van der Waals surface area contributed by atoms with Crippen molar-refractivity contribution in [2.45, 2.75) is 23.6 Å². The van der Waals surface area contributed by atoms with Crippen molar-refractivity contribution in [3.05, 3.63) is 94.2 Å². The molecule has 3 nitrogen and oxygen atoms in total. The van der Waals surface area contributed by atoms with Crippen molar-refractivity contribution in [3.63, 3.8) is 0 Å². The molecule has 0 saturated carbocycles. The number of hydrogen-bond donors (Lipinski definition) is 1. The summed E-state index contributed by atoms with van der Waals surface area (Å²) in [6, 6.07) is 19.6. The van der Waals surface area contributed by atoms with Crippen LogP contribution in [-0.4, -0.2) is 10.9 Å². The van der Waals surface area contributed by atoms with Gasteiger partial charge in [-0.3, -0.25) is 9.78 Å². The van der Waals surface area contributed by atoms with Crippen LogP contribution in [0.4, 0.5) is 0 Å². The van der Waals surface area contributed by atoms with Crippen LogP contribution in [0.5, 0.6) is 0 Å². The van der Waals surface area contributed by atoms with E-state index in [9.17, 15) is 4.79 Å². The number of nitrogens with one attached hydrogen (secondary N) is 1. The predicted octanol–water partition coefficient (Wildman–Crippen LogP) is 5.63. The molecule has 0 aliphatic heterocycles. The summed E-state index contributed by atoms with van der Waals surface area (Å²) in [6.07, 6.45) is 3.65. The summed E-state index contributed by atoms with van der Waals surface area (Å²) >= 11 is 5.26. The monoisotopic (exact) mass is 426 g/mol. The number of thioether (sulfide) groups is 1. The smallest absolute Gasteiger partial charge is 0.251 e. The Hall–Kier alpha value is -2.11. The quantitative estimate of drug-likeness (QED) is 0.519. The first-order valence-corrected chi connectivity index (χ1v) is 10.1. The summed E-state index contributed by atoms with van der Waals surface area (Å²) in [4.78, 5) is 17.7. The molecule has 26 heavy (non-hydrogen) atoms. The van der Waals surface area contributed by atoms with Crippen LogP contribution in [0, 0.1) is 0 Å². The van der Waals surface area contributed by atoms with Crippen LogP contribution in [0.1, 0.15) is 34.5 Å². The minimum absolute atomic E-state index is 0.0716. The van der Waals surface area contributed by atoms with E-state index < -0.39 is 0 Å². The van der Waals surface area contributed by atoms with E-state index in [-0.39, 0.29) is 11.9 Å². The van der Waals surface area contributed by atoms with Crippen LogP contribution in [0.15, 0.2) is 82.4 Å². The molecule has 0 radical (unpaired) electrons. The molecule has 132 valence electrons. The Morgan fingerprint density at radius 2 is 1.88 bits per heavy atom. The number of aromatic nitrogens is 1. The van der Waals surface area contributed by atoms with E-state index in [2.05, 4.69) is 32.3 Å². The fourth-order valence-corrected chi connectivity index (χ4v) is 4.00. The molecule has 0 fully saturated rings. The minimum Gasteiger partial charge on any atom is -0.345 e. The van der Waals surface area contributed by atoms with Gasteiger partial charge < -0.3 is 5.32 Å². The maximum Gasteiger partial charge on any atom is 0.251 e. The van der Waals surface area contributed by atoms with E-state index in [0.717, 1.165) is 20.7 Å². The maximum absolute atomic E-state index is 12.5. The second-order valence-corrected chi connectivity index (χ2v) is 7.79. The molecule has 0 saturated heterocycles. The van der Waals surface area contributed by atoms with E-state index in [1.165, 1.54) is 5.56 Å². The lowest BCUT2D eigenvalue weighted by Gasteiger charge is -2.16. The molecule has 1 unspecified atom stereocenters. The Labute approximate surface area is 166 Å². The molecule has 0 spiro atoms. The average molecular weight is 427 g/mol. The second kappa shape index (κ2) is 9.01. The van der Waals surface area contributed by atoms with E-state index in [4.69, 9.17) is 0 Å². The molecular weight excluding hydrogens is 408 g/mol. The summed E-state index contributed by atoms with van der Waals surface area (Å²) in [6.45, 7) is 1.98. The third-order valence-electron chi connectivity index (χ3n) is 3.96. The zero-order valence-electron chi connectivity index (χ0n) is 14.4. The largest absolute Gasteiger partial charge is 0.345 e. The number of carbonyl (C=O) groups is 1. The first-order valence-electron chi connectivity index (χ1n) is 8.30. The van der Waals surface area contributed by atoms with Gasteiger partial charge in [0.05, 0.1) is 6.04 Å². The van der Waals surface area contributed by atoms with E-state index >= 15 is 0 Å². The molecule has 0 aliphatic rings. The summed E-state index contributed by atoms with van der Waals surface area (Å²) < 4.78 is 0.995. The van der Waals surface area contributed by atoms with Crippen LogP contribution in [0.3, 0.4) is 0 Å². The van der Waals surface area contributed by atoms with Gasteiger partial charge in [-0.25, -0.2) is 0 Å². The zero-order chi connectivity index (χ0) is 18.4. The number of pyridine rings is 1. The first-order chi connectivity index (χ1) is 12.6. The third kappa shape index (κ3) is 4.96. The van der Waals surface area contributed by atoms with Crippen LogP contribution in [0.2, 0.25) is 0 Å². The van der Waals surface area contributed by atoms with Crippen LogP contribution >= 0.6 is 27.7 Å². The molecule has 3 aromatic rings. The highest BCUT2D eigenvalue weighted by atomic mass is 79.9. The van der Waals surface area contributed by atoms with Crippen molar-refractivity contribution >= 4 is 33.6 Å². The summed E-state index contributed by atoms with van der Waals surface area (Å²) in [5, 5.41) is 3.05. The Morgan fingerprint density at radius 3 is 2.58 bits per heavy atom. The highest BCUT2D eigenvalue weighted by Gasteiger charge is 2.13. The van der Waals surface area contributed by atoms with Gasteiger partial charge in [0, 0.05) is 33.1 Å². The normalized spacial score (nSPS) is 11.8. The van der Waals surface area contributed by atoms with Gasteiger partial charge in [0.1, 0.15) is 0 Å².